The van der Waals surface area contributed by atoms with E-state index in [9.17, 15) is 4.79 Å². The summed E-state index contributed by atoms with van der Waals surface area (Å²) in [4.78, 5) is 12.2. The monoisotopic (exact) mass is 270 g/mol. The van der Waals surface area contributed by atoms with Gasteiger partial charge in [-0.25, -0.2) is 4.68 Å². The second-order valence-electron chi connectivity index (χ2n) is 4.14. The van der Waals surface area contributed by atoms with E-state index in [1.54, 1.807) is 0 Å². The van der Waals surface area contributed by atoms with Crippen molar-refractivity contribution in [2.45, 2.75) is 0 Å². The average molecular weight is 271 g/mol. The van der Waals surface area contributed by atoms with Gasteiger partial charge in [0.1, 0.15) is 5.02 Å². The van der Waals surface area contributed by atoms with Crippen LogP contribution in [-0.4, -0.2) is 4.68 Å². The number of aromatic nitrogens is 1. The van der Waals surface area contributed by atoms with Gasteiger partial charge in [-0.2, -0.15) is 0 Å². The highest BCUT2D eigenvalue weighted by Crippen LogP contribution is 2.27. The SMILES string of the molecule is O=c1c(Cl)c2cccccc-2n1Nc1ccccc1. The number of hydrogen-bond donors (Lipinski definition) is 1. The lowest BCUT2D eigenvalue weighted by molar-refractivity contribution is 0.939. The van der Waals surface area contributed by atoms with Crippen LogP contribution in [0.25, 0.3) is 11.3 Å². The number of rotatable bonds is 2. The molecule has 1 N–H and O–H groups in total. The summed E-state index contributed by atoms with van der Waals surface area (Å²) in [6, 6.07) is 18.8. The second-order valence-corrected chi connectivity index (χ2v) is 4.52. The Morgan fingerprint density at radius 1 is 0.895 bits per heavy atom. The van der Waals surface area contributed by atoms with Crippen LogP contribution >= 0.6 is 11.6 Å². The third-order valence-corrected chi connectivity index (χ3v) is 3.26. The van der Waals surface area contributed by atoms with E-state index in [1.807, 2.05) is 60.7 Å². The average Bonchev–Trinajstić information content (AvgIpc) is 2.65. The summed E-state index contributed by atoms with van der Waals surface area (Å²) in [5.74, 6) is 0. The van der Waals surface area contributed by atoms with Gasteiger partial charge in [-0.3, -0.25) is 10.2 Å². The molecule has 0 saturated heterocycles. The largest absolute Gasteiger partial charge is 0.291 e. The van der Waals surface area contributed by atoms with Crippen molar-refractivity contribution in [3.8, 4) is 11.3 Å². The predicted octanol–water partition coefficient (Wildman–Crippen LogP) is 3.48. The number of nitrogens with one attached hydrogen (secondary N) is 1. The summed E-state index contributed by atoms with van der Waals surface area (Å²) < 4.78 is 1.47. The maximum atomic E-state index is 12.2. The summed E-state index contributed by atoms with van der Waals surface area (Å²) >= 11 is 6.10. The van der Waals surface area contributed by atoms with Crippen LogP contribution in [0.1, 0.15) is 0 Å². The van der Waals surface area contributed by atoms with E-state index in [0.717, 1.165) is 16.9 Å². The Labute approximate surface area is 115 Å². The zero-order valence-corrected chi connectivity index (χ0v) is 10.8. The van der Waals surface area contributed by atoms with Crippen LogP contribution in [0.2, 0.25) is 5.02 Å². The molecule has 1 aromatic rings. The topological polar surface area (TPSA) is 34.0 Å². The first-order valence-electron chi connectivity index (χ1n) is 5.89. The fourth-order valence-corrected chi connectivity index (χ4v) is 2.24. The lowest BCUT2D eigenvalue weighted by Gasteiger charge is -2.08. The summed E-state index contributed by atoms with van der Waals surface area (Å²) in [5.41, 5.74) is 5.15. The molecule has 1 aliphatic heterocycles. The Bertz CT molecular complexity index is 737. The van der Waals surface area contributed by atoms with Crippen LogP contribution in [0.3, 0.4) is 0 Å². The zero-order valence-electron chi connectivity index (χ0n) is 10.0. The molecule has 94 valence electrons. The number of halogens is 1. The fourth-order valence-electron chi connectivity index (χ4n) is 1.99. The minimum atomic E-state index is -0.244. The van der Waals surface area contributed by atoms with Crippen molar-refractivity contribution in [3.63, 3.8) is 0 Å². The molecular formula is C15H11ClN2O. The number of fused-ring (bicyclic) bond motifs is 1. The van der Waals surface area contributed by atoms with E-state index in [0.29, 0.717) is 0 Å². The minimum Gasteiger partial charge on any atom is -0.291 e. The molecule has 3 nitrogen and oxygen atoms in total. The molecule has 0 radical (unpaired) electrons. The molecule has 4 heteroatoms. The van der Waals surface area contributed by atoms with Crippen LogP contribution in [0.15, 0.2) is 65.5 Å². The molecule has 19 heavy (non-hydrogen) atoms. The van der Waals surface area contributed by atoms with Crippen LogP contribution in [0.4, 0.5) is 5.69 Å². The highest BCUT2D eigenvalue weighted by atomic mass is 35.5. The Balaban J connectivity index is 2.16. The minimum absolute atomic E-state index is 0.231. The maximum absolute atomic E-state index is 12.2. The van der Waals surface area contributed by atoms with E-state index in [-0.39, 0.29) is 10.6 Å². The molecule has 0 unspecified atom stereocenters. The van der Waals surface area contributed by atoms with E-state index in [2.05, 4.69) is 5.43 Å². The van der Waals surface area contributed by atoms with Crippen LogP contribution in [0, 0.1) is 0 Å². The molecule has 1 aromatic carbocycles. The molecule has 0 aromatic heterocycles. The summed E-state index contributed by atoms with van der Waals surface area (Å²) in [7, 11) is 0. The van der Waals surface area contributed by atoms with Crippen molar-refractivity contribution in [2.24, 2.45) is 0 Å². The molecule has 3 rings (SSSR count). The van der Waals surface area contributed by atoms with Gasteiger partial charge in [0, 0.05) is 5.56 Å². The second kappa shape index (κ2) is 4.78. The Morgan fingerprint density at radius 3 is 2.26 bits per heavy atom. The van der Waals surface area contributed by atoms with Gasteiger partial charge in [0.2, 0.25) is 0 Å². The Morgan fingerprint density at radius 2 is 1.53 bits per heavy atom. The summed E-state index contributed by atoms with van der Waals surface area (Å²) in [5, 5.41) is 0.231. The zero-order chi connectivity index (χ0) is 13.2. The van der Waals surface area contributed by atoms with Crippen molar-refractivity contribution in [3.05, 3.63) is 76.0 Å². The van der Waals surface area contributed by atoms with Gasteiger partial charge in [-0.05, 0) is 18.2 Å². The van der Waals surface area contributed by atoms with Crippen molar-refractivity contribution in [2.75, 3.05) is 5.43 Å². The quantitative estimate of drug-likeness (QED) is 0.773. The number of hydrogen-bond acceptors (Lipinski definition) is 2. The highest BCUT2D eigenvalue weighted by Gasteiger charge is 2.17. The van der Waals surface area contributed by atoms with Gasteiger partial charge in [0.05, 0.1) is 11.4 Å². The van der Waals surface area contributed by atoms with Gasteiger partial charge < -0.3 is 0 Å². The molecular weight excluding hydrogens is 260 g/mol. The molecule has 2 aliphatic rings. The highest BCUT2D eigenvalue weighted by molar-refractivity contribution is 6.33. The van der Waals surface area contributed by atoms with Crippen molar-refractivity contribution < 1.29 is 0 Å². The summed E-state index contributed by atoms with van der Waals surface area (Å²) in [6.07, 6.45) is 0. The fraction of sp³-hybridized carbons (Fsp3) is 0. The van der Waals surface area contributed by atoms with Crippen LogP contribution in [-0.2, 0) is 0 Å². The van der Waals surface area contributed by atoms with Gasteiger partial charge >= 0.3 is 0 Å². The van der Waals surface area contributed by atoms with Gasteiger partial charge in [-0.15, -0.1) is 0 Å². The first kappa shape index (κ1) is 11.8. The van der Waals surface area contributed by atoms with E-state index >= 15 is 0 Å². The van der Waals surface area contributed by atoms with E-state index in [4.69, 9.17) is 11.6 Å². The molecule has 0 atom stereocenters. The molecule has 1 heterocycles. The van der Waals surface area contributed by atoms with E-state index in [1.165, 1.54) is 4.68 Å². The summed E-state index contributed by atoms with van der Waals surface area (Å²) in [6.45, 7) is 0. The van der Waals surface area contributed by atoms with Crippen molar-refractivity contribution >= 4 is 17.3 Å². The standard InChI is InChI=1S/C15H11ClN2O/c16-14-12-9-5-2-6-10-13(12)18(15(14)19)17-11-7-3-1-4-8-11/h1-10,17H. The molecule has 1 aliphatic carbocycles. The normalized spacial score (nSPS) is 10.6. The van der Waals surface area contributed by atoms with Gasteiger partial charge in [0.15, 0.2) is 0 Å². The molecule has 0 amide bonds. The molecule has 0 spiro atoms. The van der Waals surface area contributed by atoms with Crippen LogP contribution < -0.4 is 11.0 Å². The lowest BCUT2D eigenvalue weighted by Crippen LogP contribution is -2.22. The lowest BCUT2D eigenvalue weighted by atomic mass is 10.2. The number of benzene rings is 1. The molecule has 0 bridgehead atoms. The maximum Gasteiger partial charge on any atom is 0.289 e. The van der Waals surface area contributed by atoms with Crippen molar-refractivity contribution in [1.29, 1.82) is 0 Å². The van der Waals surface area contributed by atoms with Gasteiger partial charge in [-0.1, -0.05) is 54.1 Å². The Kier molecular flexibility index (Phi) is 2.97. The molecule has 0 saturated carbocycles. The third-order valence-electron chi connectivity index (χ3n) is 2.90. The number of para-hydroxylation sites is 1. The first-order chi connectivity index (χ1) is 9.27. The smallest absolute Gasteiger partial charge is 0.289 e. The first-order valence-corrected chi connectivity index (χ1v) is 6.26. The predicted molar refractivity (Wildman–Crippen MR) is 77.8 cm³/mol. The van der Waals surface area contributed by atoms with E-state index < -0.39 is 0 Å². The van der Waals surface area contributed by atoms with Gasteiger partial charge in [0.25, 0.3) is 5.56 Å². The van der Waals surface area contributed by atoms with Crippen molar-refractivity contribution in [1.82, 2.24) is 4.68 Å². The Hall–Kier alpha value is -2.26. The van der Waals surface area contributed by atoms with Crippen LogP contribution in [0.5, 0.6) is 0 Å². The number of nitrogens with zero attached hydrogens (tertiary/aromatic N) is 1. The number of anilines is 1. The molecule has 0 fully saturated rings. The third kappa shape index (κ3) is 2.09.